The van der Waals surface area contributed by atoms with E-state index >= 15 is 0 Å². The fourth-order valence-electron chi connectivity index (χ4n) is 3.00. The lowest BCUT2D eigenvalue weighted by molar-refractivity contribution is -0.384. The third kappa shape index (κ3) is 5.27. The molecule has 0 aliphatic heterocycles. The molecule has 2 aromatic carbocycles. The summed E-state index contributed by atoms with van der Waals surface area (Å²) >= 11 is 12.1. The number of nitrogens with zero attached hydrogens (tertiary/aromatic N) is 4. The zero-order valence-corrected chi connectivity index (χ0v) is 18.2. The van der Waals surface area contributed by atoms with Crippen LogP contribution >= 0.6 is 23.2 Å². The molecule has 0 aliphatic carbocycles. The van der Waals surface area contributed by atoms with Crippen LogP contribution in [0, 0.1) is 10.1 Å². The van der Waals surface area contributed by atoms with Crippen molar-refractivity contribution in [3.05, 3.63) is 56.6 Å². The van der Waals surface area contributed by atoms with Crippen molar-refractivity contribution in [2.45, 2.75) is 13.8 Å². The molecule has 0 spiro atoms. The monoisotopic (exact) mass is 448 g/mol. The Morgan fingerprint density at radius 3 is 2.50 bits per heavy atom. The highest BCUT2D eigenvalue weighted by molar-refractivity contribution is 6.42. The van der Waals surface area contributed by atoms with Crippen LogP contribution in [0.3, 0.4) is 0 Å². The first-order valence-corrected chi connectivity index (χ1v) is 10.3. The van der Waals surface area contributed by atoms with Crippen molar-refractivity contribution >= 4 is 57.2 Å². The average Bonchev–Trinajstić information content (AvgIpc) is 2.73. The fourth-order valence-corrected chi connectivity index (χ4v) is 3.30. The number of aromatic nitrogens is 2. The predicted molar refractivity (Wildman–Crippen MR) is 122 cm³/mol. The minimum atomic E-state index is -0.443. The Balaban J connectivity index is 1.95. The van der Waals surface area contributed by atoms with E-state index in [1.165, 1.54) is 12.1 Å². The maximum atomic E-state index is 11.2. The Labute approximate surface area is 184 Å². The smallest absolute Gasteiger partial charge is 0.271 e. The number of anilines is 3. The summed E-state index contributed by atoms with van der Waals surface area (Å²) < 4.78 is 0. The quantitative estimate of drug-likeness (QED) is 0.336. The fraction of sp³-hybridized carbons (Fsp3) is 0.300. The topological polar surface area (TPSA) is 96.2 Å². The largest absolute Gasteiger partial charge is 0.368 e. The van der Waals surface area contributed by atoms with Crippen LogP contribution < -0.4 is 10.6 Å². The van der Waals surface area contributed by atoms with Crippen LogP contribution in [0.4, 0.5) is 23.1 Å². The predicted octanol–water partition coefficient (Wildman–Crippen LogP) is 5.34. The van der Waals surface area contributed by atoms with E-state index in [9.17, 15) is 10.1 Å². The van der Waals surface area contributed by atoms with Gasteiger partial charge in [-0.05, 0) is 37.4 Å². The number of non-ortho nitro benzene ring substituents is 1. The number of benzene rings is 2. The molecule has 0 radical (unpaired) electrons. The van der Waals surface area contributed by atoms with Crippen LogP contribution in [0.25, 0.3) is 10.9 Å². The Morgan fingerprint density at radius 1 is 1.07 bits per heavy atom. The summed E-state index contributed by atoms with van der Waals surface area (Å²) in [6.07, 6.45) is 0. The van der Waals surface area contributed by atoms with Gasteiger partial charge in [-0.1, -0.05) is 37.0 Å². The number of hydrogen-bond donors (Lipinski definition) is 2. The van der Waals surface area contributed by atoms with Crippen LogP contribution in [-0.4, -0.2) is 46.0 Å². The molecule has 30 heavy (non-hydrogen) atoms. The van der Waals surface area contributed by atoms with E-state index in [0.717, 1.165) is 19.6 Å². The third-order valence-corrected chi connectivity index (χ3v) is 5.42. The van der Waals surface area contributed by atoms with Gasteiger partial charge in [-0.25, -0.2) is 4.98 Å². The van der Waals surface area contributed by atoms with E-state index in [4.69, 9.17) is 23.2 Å². The zero-order valence-electron chi connectivity index (χ0n) is 16.7. The number of nitro groups is 1. The summed E-state index contributed by atoms with van der Waals surface area (Å²) in [5.74, 6) is 0.899. The molecule has 1 heterocycles. The van der Waals surface area contributed by atoms with Gasteiger partial charge in [0.05, 0.1) is 20.5 Å². The number of rotatable bonds is 9. The van der Waals surface area contributed by atoms with Crippen molar-refractivity contribution in [1.29, 1.82) is 0 Å². The maximum Gasteiger partial charge on any atom is 0.271 e. The first-order chi connectivity index (χ1) is 14.4. The number of halogens is 2. The van der Waals surface area contributed by atoms with Crippen LogP contribution in [0.5, 0.6) is 0 Å². The highest BCUT2D eigenvalue weighted by atomic mass is 35.5. The second-order valence-electron chi connectivity index (χ2n) is 6.56. The van der Waals surface area contributed by atoms with E-state index in [1.54, 1.807) is 24.3 Å². The highest BCUT2D eigenvalue weighted by Gasteiger charge is 2.13. The molecule has 0 fully saturated rings. The summed E-state index contributed by atoms with van der Waals surface area (Å²) in [5, 5.41) is 19.2. The van der Waals surface area contributed by atoms with Crippen molar-refractivity contribution in [3.63, 3.8) is 0 Å². The zero-order chi connectivity index (χ0) is 21.7. The van der Waals surface area contributed by atoms with E-state index in [2.05, 4.69) is 39.3 Å². The summed E-state index contributed by atoms with van der Waals surface area (Å²) in [4.78, 5) is 22.1. The molecule has 0 atom stereocenters. The minimum Gasteiger partial charge on any atom is -0.368 e. The van der Waals surface area contributed by atoms with Crippen LogP contribution in [0.1, 0.15) is 13.8 Å². The summed E-state index contributed by atoms with van der Waals surface area (Å²) in [6, 6.07) is 9.64. The Hall–Kier alpha value is -2.68. The number of nitrogens with one attached hydrogen (secondary N) is 2. The van der Waals surface area contributed by atoms with Gasteiger partial charge in [0.1, 0.15) is 5.82 Å². The lowest BCUT2D eigenvalue weighted by atomic mass is 10.2. The standard InChI is InChI=1S/C20H22Cl2N6O2/c1-3-27(4-2)10-9-23-19-15-7-6-14(28(29)30)12-18(15)25-20(26-19)24-13-5-8-16(21)17(22)11-13/h5-8,11-12H,3-4,9-10H2,1-2H3,(H2,23,24,25,26). The van der Waals surface area contributed by atoms with Crippen molar-refractivity contribution in [1.82, 2.24) is 14.9 Å². The van der Waals surface area contributed by atoms with Crippen molar-refractivity contribution in [2.24, 2.45) is 0 Å². The van der Waals surface area contributed by atoms with Gasteiger partial charge in [0.25, 0.3) is 5.69 Å². The van der Waals surface area contributed by atoms with Crippen LogP contribution in [0.2, 0.25) is 10.0 Å². The molecule has 0 aliphatic rings. The molecule has 0 amide bonds. The molecule has 0 bridgehead atoms. The molecular formula is C20H22Cl2N6O2. The van der Waals surface area contributed by atoms with Gasteiger partial charge in [-0.15, -0.1) is 0 Å². The summed E-state index contributed by atoms with van der Waals surface area (Å²) in [5.41, 5.74) is 1.09. The van der Waals surface area contributed by atoms with Crippen LogP contribution in [0.15, 0.2) is 36.4 Å². The van der Waals surface area contributed by atoms with Gasteiger partial charge in [0, 0.05) is 36.3 Å². The number of fused-ring (bicyclic) bond motifs is 1. The molecule has 0 unspecified atom stereocenters. The van der Waals surface area contributed by atoms with Crippen molar-refractivity contribution < 1.29 is 4.92 Å². The van der Waals surface area contributed by atoms with E-state index in [-0.39, 0.29) is 5.69 Å². The molecule has 3 rings (SSSR count). The van der Waals surface area contributed by atoms with E-state index in [1.807, 2.05) is 0 Å². The lowest BCUT2D eigenvalue weighted by Gasteiger charge is -2.19. The van der Waals surface area contributed by atoms with Gasteiger partial charge in [0.15, 0.2) is 0 Å². The van der Waals surface area contributed by atoms with Gasteiger partial charge in [0.2, 0.25) is 5.95 Å². The second kappa shape index (κ2) is 9.88. The molecule has 10 heteroatoms. The second-order valence-corrected chi connectivity index (χ2v) is 7.38. The van der Waals surface area contributed by atoms with Gasteiger partial charge in [-0.3, -0.25) is 10.1 Å². The Kier molecular flexibility index (Phi) is 7.25. The maximum absolute atomic E-state index is 11.2. The van der Waals surface area contributed by atoms with Crippen molar-refractivity contribution in [2.75, 3.05) is 36.8 Å². The molecule has 2 N–H and O–H groups in total. The molecule has 0 saturated carbocycles. The minimum absolute atomic E-state index is 0.0317. The molecule has 1 aromatic heterocycles. The van der Waals surface area contributed by atoms with Gasteiger partial charge in [-0.2, -0.15) is 4.98 Å². The van der Waals surface area contributed by atoms with Gasteiger partial charge < -0.3 is 15.5 Å². The third-order valence-electron chi connectivity index (χ3n) is 4.68. The van der Waals surface area contributed by atoms with E-state index in [0.29, 0.717) is 44.9 Å². The molecule has 8 nitrogen and oxygen atoms in total. The average molecular weight is 449 g/mol. The lowest BCUT2D eigenvalue weighted by Crippen LogP contribution is -2.28. The van der Waals surface area contributed by atoms with Gasteiger partial charge >= 0.3 is 0 Å². The molecular weight excluding hydrogens is 427 g/mol. The SMILES string of the molecule is CCN(CC)CCNc1nc(Nc2ccc(Cl)c(Cl)c2)nc2cc([N+](=O)[O-])ccc12. The summed E-state index contributed by atoms with van der Waals surface area (Å²) in [6.45, 7) is 7.67. The molecule has 0 saturated heterocycles. The molecule has 158 valence electrons. The first kappa shape index (κ1) is 22.0. The van der Waals surface area contributed by atoms with Crippen molar-refractivity contribution in [3.8, 4) is 0 Å². The first-order valence-electron chi connectivity index (χ1n) is 9.55. The Morgan fingerprint density at radius 2 is 1.83 bits per heavy atom. The normalized spacial score (nSPS) is 11.1. The molecule has 3 aromatic rings. The Bertz CT molecular complexity index is 1060. The number of hydrogen-bond acceptors (Lipinski definition) is 7. The highest BCUT2D eigenvalue weighted by Crippen LogP contribution is 2.29. The summed E-state index contributed by atoms with van der Waals surface area (Å²) in [7, 11) is 0. The van der Waals surface area contributed by atoms with Crippen LogP contribution in [-0.2, 0) is 0 Å². The number of nitro benzene ring substituents is 1. The number of likely N-dealkylation sites (N-methyl/N-ethyl adjacent to an activating group) is 1. The van der Waals surface area contributed by atoms with E-state index < -0.39 is 4.92 Å².